The largest absolute Gasteiger partial charge is 0.392 e. The second kappa shape index (κ2) is 24.9. The third-order valence-corrected chi connectivity index (χ3v) is 7.08. The highest BCUT2D eigenvalue weighted by Gasteiger charge is 2.24. The van der Waals surface area contributed by atoms with E-state index in [1.165, 1.54) is 89.9 Å². The minimum absolute atomic E-state index is 0.0144. The van der Waals surface area contributed by atoms with Gasteiger partial charge in [0, 0.05) is 25.0 Å². The van der Waals surface area contributed by atoms with Crippen LogP contribution < -0.4 is 16.1 Å². The molecule has 0 spiro atoms. The first-order chi connectivity index (χ1) is 17.0. The van der Waals surface area contributed by atoms with Crippen molar-refractivity contribution < 1.29 is 20.2 Å². The van der Waals surface area contributed by atoms with Crippen molar-refractivity contribution in [3.63, 3.8) is 0 Å². The van der Waals surface area contributed by atoms with Gasteiger partial charge in [0.15, 0.2) is 0 Å². The summed E-state index contributed by atoms with van der Waals surface area (Å²) in [6.45, 7) is 7.37. The maximum absolute atomic E-state index is 11.5. The van der Waals surface area contributed by atoms with Crippen molar-refractivity contribution in [3.05, 3.63) is 0 Å². The first-order valence-electron chi connectivity index (χ1n) is 14.8. The van der Waals surface area contributed by atoms with Crippen LogP contribution in [-0.4, -0.2) is 58.7 Å². The van der Waals surface area contributed by atoms with Crippen LogP contribution in [0.3, 0.4) is 0 Å². The van der Waals surface area contributed by atoms with E-state index in [4.69, 9.17) is 5.21 Å². The summed E-state index contributed by atoms with van der Waals surface area (Å²) in [4.78, 5) is 11.5. The molecule has 0 aliphatic carbocycles. The van der Waals surface area contributed by atoms with Crippen LogP contribution in [0.1, 0.15) is 136 Å². The van der Waals surface area contributed by atoms with Crippen molar-refractivity contribution in [2.24, 2.45) is 0 Å². The van der Waals surface area contributed by atoms with Crippen LogP contribution in [0.5, 0.6) is 0 Å². The monoisotopic (exact) mass is 501 g/mol. The Hall–Kier alpha value is -0.730. The van der Waals surface area contributed by atoms with E-state index >= 15 is 0 Å². The normalized spacial score (nSPS) is 15.0. The highest BCUT2D eigenvalue weighted by atomic mass is 16.5. The van der Waals surface area contributed by atoms with E-state index in [-0.39, 0.29) is 12.5 Å². The summed E-state index contributed by atoms with van der Waals surface area (Å²) in [5, 5.41) is 36.0. The van der Waals surface area contributed by atoms with Gasteiger partial charge in [-0.15, -0.1) is 0 Å². The number of hydrogen-bond donors (Lipinski definition) is 6. The Morgan fingerprint density at radius 2 is 1.06 bits per heavy atom. The molecule has 0 aromatic heterocycles. The molecule has 0 saturated heterocycles. The average molecular weight is 502 g/mol. The molecular formula is C28H59N3O4. The Morgan fingerprint density at radius 1 is 0.629 bits per heavy atom. The molecule has 0 bridgehead atoms. The Kier molecular flexibility index (Phi) is 24.4. The lowest BCUT2D eigenvalue weighted by molar-refractivity contribution is -0.130. The van der Waals surface area contributed by atoms with E-state index in [2.05, 4.69) is 17.6 Å². The fourth-order valence-corrected chi connectivity index (χ4v) is 4.57. The molecular weight excluding hydrogens is 442 g/mol. The van der Waals surface area contributed by atoms with Gasteiger partial charge in [0.2, 0.25) is 5.91 Å². The van der Waals surface area contributed by atoms with Crippen molar-refractivity contribution in [1.29, 1.82) is 0 Å². The Labute approximate surface area is 216 Å². The number of hydroxylamine groups is 1. The minimum atomic E-state index is -0.692. The summed E-state index contributed by atoms with van der Waals surface area (Å²) in [5.74, 6) is -0.534. The van der Waals surface area contributed by atoms with E-state index in [1.54, 1.807) is 5.48 Å². The number of rotatable bonds is 26. The van der Waals surface area contributed by atoms with E-state index < -0.39 is 24.2 Å². The van der Waals surface area contributed by atoms with E-state index in [0.717, 1.165) is 13.0 Å². The molecule has 1 amide bonds. The molecule has 4 atom stereocenters. The summed E-state index contributed by atoms with van der Waals surface area (Å²) in [6, 6.07) is -0.610. The second-order valence-corrected chi connectivity index (χ2v) is 10.2. The molecule has 0 fully saturated rings. The van der Waals surface area contributed by atoms with E-state index in [9.17, 15) is 15.0 Å². The molecule has 0 aromatic rings. The van der Waals surface area contributed by atoms with Gasteiger partial charge in [-0.25, -0.2) is 5.48 Å². The molecule has 0 rings (SSSR count). The molecule has 0 heterocycles. The van der Waals surface area contributed by atoms with E-state index in [0.29, 0.717) is 19.4 Å². The van der Waals surface area contributed by atoms with Crippen LogP contribution in [0.4, 0.5) is 0 Å². The fraction of sp³-hybridized carbons (Fsp3) is 0.964. The zero-order chi connectivity index (χ0) is 26.2. The van der Waals surface area contributed by atoms with Gasteiger partial charge >= 0.3 is 0 Å². The smallest absolute Gasteiger partial charge is 0.245 e. The molecule has 0 aromatic carbocycles. The zero-order valence-electron chi connectivity index (χ0n) is 23.2. The van der Waals surface area contributed by atoms with Crippen molar-refractivity contribution in [1.82, 2.24) is 16.1 Å². The lowest BCUT2D eigenvalue weighted by atomic mass is 10.0. The van der Waals surface area contributed by atoms with Gasteiger partial charge in [-0.2, -0.15) is 0 Å². The number of unbranched alkanes of at least 4 members (excludes halogenated alkanes) is 14. The molecule has 0 radical (unpaired) electrons. The molecule has 0 saturated carbocycles. The predicted molar refractivity (Wildman–Crippen MR) is 146 cm³/mol. The summed E-state index contributed by atoms with van der Waals surface area (Å²) in [7, 11) is 0. The third-order valence-electron chi connectivity index (χ3n) is 7.08. The zero-order valence-corrected chi connectivity index (χ0v) is 23.2. The maximum atomic E-state index is 11.5. The molecule has 6 N–H and O–H groups in total. The van der Waals surface area contributed by atoms with E-state index in [1.807, 2.05) is 13.8 Å². The SMILES string of the molecule is CCCCCCCCCCCCCCCCCNC(CNC(CC(=O)NO)C(O)CC)C(O)CC. The van der Waals surface area contributed by atoms with Gasteiger partial charge < -0.3 is 20.8 Å². The van der Waals surface area contributed by atoms with Gasteiger partial charge in [0.05, 0.1) is 12.2 Å². The highest BCUT2D eigenvalue weighted by Crippen LogP contribution is 2.13. The standard InChI is InChI=1S/C28H59N3O4/c1-4-7-8-9-10-11-12-13-14-15-16-17-18-19-20-21-29-25(27(33)6-3)23-30-24(26(32)5-2)22-28(34)31-35/h24-27,29-30,32-33,35H,4-23H2,1-3H3,(H,31,34). The number of aliphatic hydroxyl groups is 2. The molecule has 7 nitrogen and oxygen atoms in total. The van der Waals surface area contributed by atoms with Crippen LogP contribution >= 0.6 is 0 Å². The minimum Gasteiger partial charge on any atom is -0.392 e. The topological polar surface area (TPSA) is 114 Å². The number of carbonyl (C=O) groups excluding carboxylic acids is 1. The number of amides is 1. The van der Waals surface area contributed by atoms with Crippen molar-refractivity contribution in [2.45, 2.75) is 161 Å². The first kappa shape index (κ1) is 34.3. The average Bonchev–Trinajstić information content (AvgIpc) is 2.88. The molecule has 35 heavy (non-hydrogen) atoms. The van der Waals surface area contributed by atoms with Gasteiger partial charge in [0.1, 0.15) is 0 Å². The first-order valence-corrected chi connectivity index (χ1v) is 14.8. The Morgan fingerprint density at radius 3 is 1.49 bits per heavy atom. The molecule has 0 aliphatic rings. The molecule has 4 unspecified atom stereocenters. The predicted octanol–water partition coefficient (Wildman–Crippen LogP) is 5.21. The maximum Gasteiger partial charge on any atom is 0.245 e. The van der Waals surface area contributed by atoms with Crippen LogP contribution in [-0.2, 0) is 4.79 Å². The van der Waals surface area contributed by atoms with Crippen LogP contribution in [0, 0.1) is 0 Å². The van der Waals surface area contributed by atoms with Gasteiger partial charge in [-0.3, -0.25) is 10.0 Å². The molecule has 0 aliphatic heterocycles. The number of carbonyl (C=O) groups is 1. The van der Waals surface area contributed by atoms with Gasteiger partial charge in [-0.05, 0) is 25.8 Å². The summed E-state index contributed by atoms with van der Waals surface area (Å²) < 4.78 is 0. The van der Waals surface area contributed by atoms with Crippen LogP contribution in [0.25, 0.3) is 0 Å². The fourth-order valence-electron chi connectivity index (χ4n) is 4.57. The summed E-state index contributed by atoms with van der Waals surface area (Å²) >= 11 is 0. The number of aliphatic hydroxyl groups excluding tert-OH is 2. The number of hydrogen-bond acceptors (Lipinski definition) is 6. The summed E-state index contributed by atoms with van der Waals surface area (Å²) in [6.07, 6.45) is 20.1. The van der Waals surface area contributed by atoms with Crippen molar-refractivity contribution in [3.8, 4) is 0 Å². The molecule has 210 valence electrons. The van der Waals surface area contributed by atoms with Gasteiger partial charge in [-0.1, -0.05) is 111 Å². The van der Waals surface area contributed by atoms with Crippen molar-refractivity contribution >= 4 is 5.91 Å². The van der Waals surface area contributed by atoms with Crippen LogP contribution in [0.15, 0.2) is 0 Å². The second-order valence-electron chi connectivity index (χ2n) is 10.2. The lowest BCUT2D eigenvalue weighted by Crippen LogP contribution is -2.52. The summed E-state index contributed by atoms with van der Waals surface area (Å²) in [5.41, 5.74) is 1.63. The van der Waals surface area contributed by atoms with Gasteiger partial charge in [0.25, 0.3) is 0 Å². The Bertz CT molecular complexity index is 467. The molecule has 7 heteroatoms. The van der Waals surface area contributed by atoms with Crippen molar-refractivity contribution in [2.75, 3.05) is 13.1 Å². The quantitative estimate of drug-likeness (QED) is 0.0551. The van der Waals surface area contributed by atoms with Crippen LogP contribution in [0.2, 0.25) is 0 Å². The lowest BCUT2D eigenvalue weighted by Gasteiger charge is -2.28. The Balaban J connectivity index is 3.89. The highest BCUT2D eigenvalue weighted by molar-refractivity contribution is 5.75. The third kappa shape index (κ3) is 20.1. The number of nitrogens with one attached hydrogen (secondary N) is 3.